The van der Waals surface area contributed by atoms with Crippen molar-refractivity contribution in [1.82, 2.24) is 4.98 Å². The van der Waals surface area contributed by atoms with E-state index in [1.807, 2.05) is 25.1 Å². The molecule has 4 nitrogen and oxygen atoms in total. The summed E-state index contributed by atoms with van der Waals surface area (Å²) >= 11 is 0. The largest absolute Gasteiger partial charge is 0.327 e. The van der Waals surface area contributed by atoms with Crippen LogP contribution in [0.1, 0.15) is 37.8 Å². The number of rotatable bonds is 3. The second-order valence-electron chi connectivity index (χ2n) is 5.12. The monoisotopic (exact) mass is 319 g/mol. The second kappa shape index (κ2) is 9.16. The number of hydrogen-bond donors (Lipinski definition) is 2. The van der Waals surface area contributed by atoms with Gasteiger partial charge in [0.15, 0.2) is 0 Å². The molecule has 3 N–H and O–H groups in total. The van der Waals surface area contributed by atoms with Gasteiger partial charge in [-0.1, -0.05) is 18.9 Å². The Morgan fingerprint density at radius 3 is 2.70 bits per heavy atom. The fourth-order valence-electron chi connectivity index (χ4n) is 2.53. The molecule has 20 heavy (non-hydrogen) atoms. The first kappa shape index (κ1) is 19.2. The van der Waals surface area contributed by atoms with Gasteiger partial charge in [-0.05, 0) is 37.8 Å². The van der Waals surface area contributed by atoms with Crippen molar-refractivity contribution < 1.29 is 4.79 Å². The standard InChI is InChI=1S/C14H21N3O.2ClH/c1-10-5-4-8-13(16-10)17-14(18)9-11-6-2-3-7-12(11)15;;/h4-5,8,11-12H,2-3,6-7,9,15H2,1H3,(H,16,17,18);2*1H. The minimum Gasteiger partial charge on any atom is -0.327 e. The zero-order valence-corrected chi connectivity index (χ0v) is 13.3. The molecule has 0 saturated heterocycles. The number of aryl methyl sites for hydroxylation is 1. The number of nitrogens with zero attached hydrogens (tertiary/aromatic N) is 1. The van der Waals surface area contributed by atoms with Gasteiger partial charge in [0.05, 0.1) is 0 Å². The molecule has 2 atom stereocenters. The van der Waals surface area contributed by atoms with Crippen molar-refractivity contribution in [3.05, 3.63) is 23.9 Å². The maximum absolute atomic E-state index is 11.9. The Hall–Kier alpha value is -0.840. The highest BCUT2D eigenvalue weighted by Gasteiger charge is 2.24. The molecule has 114 valence electrons. The molecule has 1 amide bonds. The normalized spacial score (nSPS) is 21.3. The van der Waals surface area contributed by atoms with E-state index in [4.69, 9.17) is 5.73 Å². The van der Waals surface area contributed by atoms with Crippen molar-refractivity contribution in [3.8, 4) is 0 Å². The Morgan fingerprint density at radius 2 is 2.05 bits per heavy atom. The SMILES string of the molecule is Cc1cccc(NC(=O)CC2CCCCC2N)n1.Cl.Cl. The summed E-state index contributed by atoms with van der Waals surface area (Å²) in [6.07, 6.45) is 5.00. The summed E-state index contributed by atoms with van der Waals surface area (Å²) in [4.78, 5) is 16.2. The number of nitrogens with two attached hydrogens (primary N) is 1. The number of hydrogen-bond acceptors (Lipinski definition) is 3. The van der Waals surface area contributed by atoms with Crippen molar-refractivity contribution in [2.75, 3.05) is 5.32 Å². The molecule has 0 radical (unpaired) electrons. The molecule has 1 aromatic rings. The van der Waals surface area contributed by atoms with E-state index in [1.165, 1.54) is 12.8 Å². The molecule has 1 heterocycles. The number of aromatic nitrogens is 1. The molecule has 0 aromatic carbocycles. The van der Waals surface area contributed by atoms with Crippen LogP contribution in [0.2, 0.25) is 0 Å². The lowest BCUT2D eigenvalue weighted by atomic mass is 9.83. The van der Waals surface area contributed by atoms with E-state index in [-0.39, 0.29) is 36.8 Å². The van der Waals surface area contributed by atoms with E-state index < -0.39 is 0 Å². The lowest BCUT2D eigenvalue weighted by molar-refractivity contribution is -0.117. The molecule has 0 spiro atoms. The van der Waals surface area contributed by atoms with Crippen LogP contribution in [0.3, 0.4) is 0 Å². The van der Waals surface area contributed by atoms with E-state index in [9.17, 15) is 4.79 Å². The predicted molar refractivity (Wildman–Crippen MR) is 86.7 cm³/mol. The minimum atomic E-state index is 0. The fraction of sp³-hybridized carbons (Fsp3) is 0.571. The van der Waals surface area contributed by atoms with Crippen molar-refractivity contribution in [2.45, 2.75) is 45.1 Å². The van der Waals surface area contributed by atoms with E-state index in [2.05, 4.69) is 10.3 Å². The average molecular weight is 320 g/mol. The van der Waals surface area contributed by atoms with E-state index in [0.29, 0.717) is 18.2 Å². The molecule has 1 aromatic heterocycles. The molecule has 2 rings (SSSR count). The first-order valence-corrected chi connectivity index (χ1v) is 6.64. The number of pyridine rings is 1. The number of carbonyl (C=O) groups excluding carboxylic acids is 1. The predicted octanol–water partition coefficient (Wildman–Crippen LogP) is 3.08. The molecule has 6 heteroatoms. The van der Waals surface area contributed by atoms with Crippen LogP contribution in [0.15, 0.2) is 18.2 Å². The molecule has 0 aliphatic heterocycles. The molecular weight excluding hydrogens is 297 g/mol. The smallest absolute Gasteiger partial charge is 0.225 e. The zero-order valence-electron chi connectivity index (χ0n) is 11.7. The number of halogens is 2. The third kappa shape index (κ3) is 5.65. The number of carbonyl (C=O) groups is 1. The van der Waals surface area contributed by atoms with Gasteiger partial charge in [-0.2, -0.15) is 0 Å². The summed E-state index contributed by atoms with van der Waals surface area (Å²) in [5.74, 6) is 0.975. The average Bonchev–Trinajstić information content (AvgIpc) is 2.32. The third-order valence-electron chi connectivity index (χ3n) is 3.57. The van der Waals surface area contributed by atoms with E-state index in [0.717, 1.165) is 18.5 Å². The van der Waals surface area contributed by atoms with Crippen molar-refractivity contribution in [1.29, 1.82) is 0 Å². The summed E-state index contributed by atoms with van der Waals surface area (Å²) in [5, 5.41) is 2.84. The van der Waals surface area contributed by atoms with Crippen LogP contribution in [0, 0.1) is 12.8 Å². The quantitative estimate of drug-likeness (QED) is 0.899. The first-order valence-electron chi connectivity index (χ1n) is 6.64. The Bertz CT molecular complexity index is 429. The minimum absolute atomic E-state index is 0. The Balaban J connectivity index is 0.00000180. The molecule has 1 aliphatic rings. The van der Waals surface area contributed by atoms with E-state index >= 15 is 0 Å². The van der Waals surface area contributed by atoms with Gasteiger partial charge in [0, 0.05) is 18.2 Å². The van der Waals surface area contributed by atoms with Gasteiger partial charge in [-0.3, -0.25) is 4.79 Å². The van der Waals surface area contributed by atoms with Crippen molar-refractivity contribution >= 4 is 36.5 Å². The molecule has 0 bridgehead atoms. The maximum atomic E-state index is 11.9. The van der Waals surface area contributed by atoms with Crippen LogP contribution in [0.25, 0.3) is 0 Å². The van der Waals surface area contributed by atoms with Crippen LogP contribution in [0.5, 0.6) is 0 Å². The summed E-state index contributed by atoms with van der Waals surface area (Å²) in [6.45, 7) is 1.91. The highest BCUT2D eigenvalue weighted by atomic mass is 35.5. The van der Waals surface area contributed by atoms with Gasteiger partial charge in [0.1, 0.15) is 5.82 Å². The summed E-state index contributed by atoms with van der Waals surface area (Å²) in [7, 11) is 0. The molecule has 1 fully saturated rings. The maximum Gasteiger partial charge on any atom is 0.225 e. The van der Waals surface area contributed by atoms with Gasteiger partial charge in [0.2, 0.25) is 5.91 Å². The highest BCUT2D eigenvalue weighted by molar-refractivity contribution is 5.89. The third-order valence-corrected chi connectivity index (χ3v) is 3.57. The molecule has 1 aliphatic carbocycles. The van der Waals surface area contributed by atoms with Gasteiger partial charge < -0.3 is 11.1 Å². The lowest BCUT2D eigenvalue weighted by Gasteiger charge is -2.27. The molecule has 2 unspecified atom stereocenters. The van der Waals surface area contributed by atoms with Gasteiger partial charge in [-0.25, -0.2) is 4.98 Å². The van der Waals surface area contributed by atoms with Crippen molar-refractivity contribution in [3.63, 3.8) is 0 Å². The van der Waals surface area contributed by atoms with Crippen molar-refractivity contribution in [2.24, 2.45) is 11.7 Å². The Labute approximate surface area is 132 Å². The summed E-state index contributed by atoms with van der Waals surface area (Å²) in [6, 6.07) is 5.79. The summed E-state index contributed by atoms with van der Waals surface area (Å²) < 4.78 is 0. The molecule has 1 saturated carbocycles. The Morgan fingerprint density at radius 1 is 1.35 bits per heavy atom. The van der Waals surface area contributed by atoms with Crippen LogP contribution in [-0.2, 0) is 4.79 Å². The second-order valence-corrected chi connectivity index (χ2v) is 5.12. The summed E-state index contributed by atoms with van der Waals surface area (Å²) in [5.41, 5.74) is 6.95. The first-order chi connectivity index (χ1) is 8.65. The van der Waals surface area contributed by atoms with Crippen LogP contribution in [0.4, 0.5) is 5.82 Å². The lowest BCUT2D eigenvalue weighted by Crippen LogP contribution is -2.35. The molecular formula is C14H23Cl2N3O. The Kier molecular flexibility index (Phi) is 8.78. The number of amides is 1. The van der Waals surface area contributed by atoms with Gasteiger partial charge in [0.25, 0.3) is 0 Å². The highest BCUT2D eigenvalue weighted by Crippen LogP contribution is 2.25. The topological polar surface area (TPSA) is 68.0 Å². The van der Waals surface area contributed by atoms with Crippen LogP contribution >= 0.6 is 24.8 Å². The van der Waals surface area contributed by atoms with Gasteiger partial charge >= 0.3 is 0 Å². The number of anilines is 1. The number of nitrogens with one attached hydrogen (secondary N) is 1. The van der Waals surface area contributed by atoms with E-state index in [1.54, 1.807) is 0 Å². The van der Waals surface area contributed by atoms with Crippen LogP contribution < -0.4 is 11.1 Å². The van der Waals surface area contributed by atoms with Crippen LogP contribution in [-0.4, -0.2) is 16.9 Å². The van der Waals surface area contributed by atoms with Gasteiger partial charge in [-0.15, -0.1) is 24.8 Å². The fourth-order valence-corrected chi connectivity index (χ4v) is 2.53. The zero-order chi connectivity index (χ0) is 13.0.